The minimum Gasteiger partial charge on any atom is -0.337 e. The lowest BCUT2D eigenvalue weighted by atomic mass is 9.76. The zero-order valence-corrected chi connectivity index (χ0v) is 12.1. The Balaban J connectivity index is 1.97. The number of nitrogens with one attached hydrogen (secondary N) is 1. The Labute approximate surface area is 110 Å². The van der Waals surface area contributed by atoms with Crippen molar-refractivity contribution in [3.63, 3.8) is 0 Å². The Bertz CT molecular complexity index is 377. The second-order valence-corrected chi connectivity index (χ2v) is 6.07. The maximum atomic E-state index is 4.40. The second kappa shape index (κ2) is 5.41. The molecule has 0 bridgehead atoms. The van der Waals surface area contributed by atoms with E-state index >= 15 is 0 Å². The van der Waals surface area contributed by atoms with Gasteiger partial charge in [-0.2, -0.15) is 0 Å². The number of hydrogen-bond donors (Lipinski definition) is 1. The van der Waals surface area contributed by atoms with Crippen LogP contribution in [0.15, 0.2) is 12.4 Å². The van der Waals surface area contributed by atoms with E-state index in [0.29, 0.717) is 5.41 Å². The van der Waals surface area contributed by atoms with Crippen LogP contribution in [0.3, 0.4) is 0 Å². The molecule has 1 N–H and O–H groups in total. The molecule has 1 saturated heterocycles. The molecule has 0 aliphatic carbocycles. The van der Waals surface area contributed by atoms with Crippen molar-refractivity contribution in [2.75, 3.05) is 26.7 Å². The van der Waals surface area contributed by atoms with Crippen molar-refractivity contribution in [3.05, 3.63) is 18.2 Å². The van der Waals surface area contributed by atoms with Gasteiger partial charge < -0.3 is 9.88 Å². The van der Waals surface area contributed by atoms with Gasteiger partial charge in [-0.1, -0.05) is 13.8 Å². The van der Waals surface area contributed by atoms with Crippen LogP contribution in [0.25, 0.3) is 0 Å². The molecule has 102 valence electrons. The third kappa shape index (κ3) is 2.75. The van der Waals surface area contributed by atoms with Crippen LogP contribution in [-0.4, -0.2) is 41.1 Å². The highest BCUT2D eigenvalue weighted by Crippen LogP contribution is 2.34. The fraction of sp³-hybridized carbons (Fsp3) is 0.786. The summed E-state index contributed by atoms with van der Waals surface area (Å²) >= 11 is 0. The maximum absolute atomic E-state index is 4.40. The molecule has 2 rings (SSSR count). The molecular formula is C14H26N4. The molecule has 0 spiro atoms. The molecule has 1 aliphatic heterocycles. The van der Waals surface area contributed by atoms with Gasteiger partial charge in [-0.05, 0) is 31.3 Å². The quantitative estimate of drug-likeness (QED) is 0.859. The molecule has 1 aliphatic rings. The van der Waals surface area contributed by atoms with E-state index < -0.39 is 0 Å². The van der Waals surface area contributed by atoms with Gasteiger partial charge in [0.25, 0.3) is 0 Å². The minimum atomic E-state index is 0.430. The van der Waals surface area contributed by atoms with Crippen molar-refractivity contribution < 1.29 is 0 Å². The molecule has 1 aromatic heterocycles. The topological polar surface area (TPSA) is 33.1 Å². The highest BCUT2D eigenvalue weighted by Gasteiger charge is 2.37. The van der Waals surface area contributed by atoms with E-state index in [4.69, 9.17) is 0 Å². The van der Waals surface area contributed by atoms with Gasteiger partial charge in [0, 0.05) is 32.5 Å². The molecular weight excluding hydrogens is 224 g/mol. The van der Waals surface area contributed by atoms with E-state index in [0.717, 1.165) is 37.9 Å². The number of rotatable bonds is 5. The van der Waals surface area contributed by atoms with Gasteiger partial charge in [-0.25, -0.2) is 4.98 Å². The van der Waals surface area contributed by atoms with E-state index in [2.05, 4.69) is 47.7 Å². The first-order valence-corrected chi connectivity index (χ1v) is 6.89. The summed E-state index contributed by atoms with van der Waals surface area (Å²) < 4.78 is 2.10. The summed E-state index contributed by atoms with van der Waals surface area (Å²) in [5, 5.41) is 3.52. The van der Waals surface area contributed by atoms with Crippen molar-refractivity contribution in [2.45, 2.75) is 26.8 Å². The Kier molecular flexibility index (Phi) is 4.07. The van der Waals surface area contributed by atoms with Gasteiger partial charge >= 0.3 is 0 Å². The van der Waals surface area contributed by atoms with Crippen LogP contribution < -0.4 is 5.32 Å². The van der Waals surface area contributed by atoms with Crippen molar-refractivity contribution >= 4 is 0 Å². The molecule has 2 heterocycles. The third-order valence-corrected chi connectivity index (χ3v) is 4.42. The Hall–Kier alpha value is -0.870. The highest BCUT2D eigenvalue weighted by molar-refractivity contribution is 4.95. The van der Waals surface area contributed by atoms with Gasteiger partial charge in [-0.15, -0.1) is 0 Å². The molecule has 1 aromatic rings. The average molecular weight is 250 g/mol. The van der Waals surface area contributed by atoms with Gasteiger partial charge in [-0.3, -0.25) is 4.90 Å². The molecule has 1 unspecified atom stereocenters. The number of imidazole rings is 1. The van der Waals surface area contributed by atoms with E-state index in [1.165, 1.54) is 6.42 Å². The number of nitrogens with zero attached hydrogens (tertiary/aromatic N) is 3. The van der Waals surface area contributed by atoms with Crippen LogP contribution in [0.1, 0.15) is 26.1 Å². The lowest BCUT2D eigenvalue weighted by Crippen LogP contribution is -2.41. The molecule has 4 nitrogen and oxygen atoms in total. The fourth-order valence-corrected chi connectivity index (χ4v) is 2.96. The lowest BCUT2D eigenvalue weighted by Gasteiger charge is -2.36. The van der Waals surface area contributed by atoms with E-state index in [-0.39, 0.29) is 0 Å². The summed E-state index contributed by atoms with van der Waals surface area (Å²) in [5.74, 6) is 1.86. The van der Waals surface area contributed by atoms with Gasteiger partial charge in [0.2, 0.25) is 0 Å². The van der Waals surface area contributed by atoms with Gasteiger partial charge in [0.1, 0.15) is 5.82 Å². The first-order chi connectivity index (χ1) is 8.53. The average Bonchev–Trinajstić information content (AvgIpc) is 2.90. The predicted molar refractivity (Wildman–Crippen MR) is 74.3 cm³/mol. The van der Waals surface area contributed by atoms with Crippen LogP contribution in [0.2, 0.25) is 0 Å². The Morgan fingerprint density at radius 2 is 2.33 bits per heavy atom. The summed E-state index contributed by atoms with van der Waals surface area (Å²) in [7, 11) is 4.27. The van der Waals surface area contributed by atoms with Crippen LogP contribution in [0, 0.1) is 11.3 Å². The molecule has 4 heteroatoms. The van der Waals surface area contributed by atoms with Crippen molar-refractivity contribution in [2.24, 2.45) is 18.4 Å². The summed E-state index contributed by atoms with van der Waals surface area (Å²) in [6, 6.07) is 0. The second-order valence-electron chi connectivity index (χ2n) is 6.07. The van der Waals surface area contributed by atoms with E-state index in [9.17, 15) is 0 Å². The van der Waals surface area contributed by atoms with Crippen molar-refractivity contribution in [1.29, 1.82) is 0 Å². The molecule has 0 aromatic carbocycles. The van der Waals surface area contributed by atoms with Crippen LogP contribution in [0.5, 0.6) is 0 Å². The maximum Gasteiger partial charge on any atom is 0.122 e. The highest BCUT2D eigenvalue weighted by atomic mass is 15.2. The monoisotopic (exact) mass is 250 g/mol. The first-order valence-electron chi connectivity index (χ1n) is 6.89. The first kappa shape index (κ1) is 13.6. The summed E-state index contributed by atoms with van der Waals surface area (Å²) in [4.78, 5) is 6.82. The molecule has 0 saturated carbocycles. The molecule has 0 radical (unpaired) electrons. The number of hydrogen-bond acceptors (Lipinski definition) is 3. The van der Waals surface area contributed by atoms with E-state index in [1.54, 1.807) is 0 Å². The Morgan fingerprint density at radius 1 is 1.56 bits per heavy atom. The zero-order chi connectivity index (χ0) is 13.2. The summed E-state index contributed by atoms with van der Waals surface area (Å²) in [5.41, 5.74) is 0.430. The number of aromatic nitrogens is 2. The number of aryl methyl sites for hydroxylation is 1. The smallest absolute Gasteiger partial charge is 0.122 e. The normalized spacial score (nSPS) is 24.3. The standard InChI is InChI=1S/C14H26N4/c1-12(2)14(5-6-15-10-14)11-17(3)9-13-16-7-8-18(13)4/h7-8,12,15H,5-6,9-11H2,1-4H3. The predicted octanol–water partition coefficient (Wildman–Crippen LogP) is 1.49. The fourth-order valence-electron chi connectivity index (χ4n) is 2.96. The van der Waals surface area contributed by atoms with E-state index in [1.807, 2.05) is 12.4 Å². The van der Waals surface area contributed by atoms with Crippen LogP contribution in [0.4, 0.5) is 0 Å². The summed E-state index contributed by atoms with van der Waals surface area (Å²) in [6.45, 7) is 9.08. The Morgan fingerprint density at radius 3 is 2.83 bits per heavy atom. The minimum absolute atomic E-state index is 0.430. The molecule has 1 atom stereocenters. The van der Waals surface area contributed by atoms with Crippen LogP contribution in [-0.2, 0) is 13.6 Å². The molecule has 18 heavy (non-hydrogen) atoms. The van der Waals surface area contributed by atoms with Gasteiger partial charge in [0.05, 0.1) is 6.54 Å². The van der Waals surface area contributed by atoms with Crippen molar-refractivity contribution in [3.8, 4) is 0 Å². The van der Waals surface area contributed by atoms with Gasteiger partial charge in [0.15, 0.2) is 0 Å². The third-order valence-electron chi connectivity index (χ3n) is 4.42. The van der Waals surface area contributed by atoms with Crippen LogP contribution >= 0.6 is 0 Å². The zero-order valence-electron chi connectivity index (χ0n) is 12.1. The summed E-state index contributed by atoms with van der Waals surface area (Å²) in [6.07, 6.45) is 5.17. The molecule has 1 fully saturated rings. The lowest BCUT2D eigenvalue weighted by molar-refractivity contribution is 0.129. The largest absolute Gasteiger partial charge is 0.337 e. The van der Waals surface area contributed by atoms with Crippen molar-refractivity contribution in [1.82, 2.24) is 19.8 Å². The SMILES string of the molecule is CC(C)C1(CN(C)Cc2nccn2C)CCNC1. The molecule has 0 amide bonds.